The predicted molar refractivity (Wildman–Crippen MR) is 105 cm³/mol. The molecule has 1 aromatic rings. The zero-order valence-corrected chi connectivity index (χ0v) is 16.3. The normalized spacial score (nSPS) is 36.9. The van der Waals surface area contributed by atoms with Crippen molar-refractivity contribution >= 4 is 11.8 Å². The van der Waals surface area contributed by atoms with Crippen LogP contribution in [0.4, 0.5) is 0 Å². The smallest absolute Gasteiger partial charge is 0.237 e. The second-order valence-electron chi connectivity index (χ2n) is 9.33. The molecule has 28 heavy (non-hydrogen) atoms. The fourth-order valence-corrected chi connectivity index (χ4v) is 6.45. The maximum Gasteiger partial charge on any atom is 0.237 e. The standard InChI is InChI=1S/C22H30N4O2/c27-20(25-21-16-8-14-7-15(10-16)11-17(21)9-14)12-19-22(28)24-5-6-26(19)13-18-3-1-2-4-23-18/h1-4,14-17,19,21H,5-13H2,(H,24,28)(H,25,27). The molecule has 1 aromatic heterocycles. The van der Waals surface area contributed by atoms with E-state index in [9.17, 15) is 9.59 Å². The molecule has 6 heteroatoms. The first-order valence-electron chi connectivity index (χ1n) is 10.9. The number of hydrogen-bond acceptors (Lipinski definition) is 4. The molecule has 2 N–H and O–H groups in total. The first-order valence-corrected chi connectivity index (χ1v) is 10.9. The second-order valence-corrected chi connectivity index (χ2v) is 9.33. The minimum atomic E-state index is -0.410. The number of nitrogens with one attached hydrogen (secondary N) is 2. The van der Waals surface area contributed by atoms with E-state index >= 15 is 0 Å². The zero-order valence-electron chi connectivity index (χ0n) is 16.3. The van der Waals surface area contributed by atoms with Gasteiger partial charge < -0.3 is 10.6 Å². The quantitative estimate of drug-likeness (QED) is 0.813. The van der Waals surface area contributed by atoms with E-state index in [0.717, 1.165) is 24.1 Å². The summed E-state index contributed by atoms with van der Waals surface area (Å²) in [4.78, 5) is 31.9. The highest BCUT2D eigenvalue weighted by Gasteiger charge is 2.48. The fourth-order valence-electron chi connectivity index (χ4n) is 6.45. The van der Waals surface area contributed by atoms with E-state index in [1.807, 2.05) is 18.2 Å². The van der Waals surface area contributed by atoms with E-state index in [1.54, 1.807) is 6.20 Å². The molecule has 0 spiro atoms. The molecule has 6 rings (SSSR count). The molecular weight excluding hydrogens is 352 g/mol. The molecule has 2 amide bonds. The van der Waals surface area contributed by atoms with Gasteiger partial charge in [-0.05, 0) is 67.9 Å². The van der Waals surface area contributed by atoms with Crippen LogP contribution in [0, 0.1) is 23.7 Å². The van der Waals surface area contributed by atoms with Crippen LogP contribution in [0.3, 0.4) is 0 Å². The molecule has 1 unspecified atom stereocenters. The molecule has 1 saturated heterocycles. The lowest BCUT2D eigenvalue weighted by atomic mass is 9.54. The van der Waals surface area contributed by atoms with Crippen LogP contribution in [0.15, 0.2) is 24.4 Å². The Morgan fingerprint density at radius 2 is 1.89 bits per heavy atom. The van der Waals surface area contributed by atoms with Crippen molar-refractivity contribution in [2.75, 3.05) is 13.1 Å². The number of carbonyl (C=O) groups is 2. The third-order valence-corrected chi connectivity index (χ3v) is 7.47. The Morgan fingerprint density at radius 3 is 2.57 bits per heavy atom. The van der Waals surface area contributed by atoms with Crippen LogP contribution < -0.4 is 10.6 Å². The summed E-state index contributed by atoms with van der Waals surface area (Å²) in [6.07, 6.45) is 8.57. The summed E-state index contributed by atoms with van der Waals surface area (Å²) < 4.78 is 0. The monoisotopic (exact) mass is 382 g/mol. The summed E-state index contributed by atoms with van der Waals surface area (Å²) in [6.45, 7) is 1.97. The molecule has 1 atom stereocenters. The van der Waals surface area contributed by atoms with Crippen molar-refractivity contribution in [2.45, 2.75) is 57.2 Å². The van der Waals surface area contributed by atoms with Crippen LogP contribution in [0.25, 0.3) is 0 Å². The molecule has 6 nitrogen and oxygen atoms in total. The SMILES string of the molecule is O=C(CC1C(=O)NCCN1Cc1ccccn1)NC1C2CC3CC(C2)CC1C3. The molecule has 4 aliphatic carbocycles. The Hall–Kier alpha value is -1.95. The predicted octanol–water partition coefficient (Wildman–Crippen LogP) is 1.71. The summed E-state index contributed by atoms with van der Waals surface area (Å²) in [7, 11) is 0. The molecule has 1 aliphatic heterocycles. The van der Waals surface area contributed by atoms with E-state index in [4.69, 9.17) is 0 Å². The average Bonchev–Trinajstić information content (AvgIpc) is 2.68. The molecule has 4 saturated carbocycles. The average molecular weight is 383 g/mol. The molecule has 5 fully saturated rings. The van der Waals surface area contributed by atoms with E-state index in [1.165, 1.54) is 32.1 Å². The summed E-state index contributed by atoms with van der Waals surface area (Å²) in [5, 5.41) is 6.28. The number of nitrogens with zero attached hydrogens (tertiary/aromatic N) is 2. The lowest BCUT2D eigenvalue weighted by Gasteiger charge is -2.54. The summed E-state index contributed by atoms with van der Waals surface area (Å²) in [6, 6.07) is 5.74. The highest BCUT2D eigenvalue weighted by Crippen LogP contribution is 2.53. The minimum absolute atomic E-state index is 0.0329. The number of amides is 2. The number of piperazine rings is 1. The summed E-state index contributed by atoms with van der Waals surface area (Å²) in [5.74, 6) is 3.10. The number of hydrogen-bond donors (Lipinski definition) is 2. The minimum Gasteiger partial charge on any atom is -0.353 e. The highest BCUT2D eigenvalue weighted by molar-refractivity contribution is 5.89. The van der Waals surface area contributed by atoms with Crippen molar-refractivity contribution < 1.29 is 9.59 Å². The van der Waals surface area contributed by atoms with Gasteiger partial charge in [0, 0.05) is 31.9 Å². The third kappa shape index (κ3) is 3.54. The van der Waals surface area contributed by atoms with E-state index in [2.05, 4.69) is 20.5 Å². The zero-order chi connectivity index (χ0) is 19.1. The lowest BCUT2D eigenvalue weighted by molar-refractivity contribution is -0.135. The van der Waals surface area contributed by atoms with Crippen molar-refractivity contribution in [3.63, 3.8) is 0 Å². The third-order valence-electron chi connectivity index (χ3n) is 7.47. The van der Waals surface area contributed by atoms with E-state index in [0.29, 0.717) is 31.0 Å². The molecule has 0 aromatic carbocycles. The topological polar surface area (TPSA) is 74.3 Å². The van der Waals surface area contributed by atoms with Gasteiger partial charge in [-0.25, -0.2) is 0 Å². The van der Waals surface area contributed by atoms with Gasteiger partial charge in [-0.15, -0.1) is 0 Å². The largest absolute Gasteiger partial charge is 0.353 e. The molecular formula is C22H30N4O2. The van der Waals surface area contributed by atoms with Gasteiger partial charge in [0.1, 0.15) is 0 Å². The van der Waals surface area contributed by atoms with Crippen molar-refractivity contribution in [2.24, 2.45) is 23.7 Å². The summed E-state index contributed by atoms with van der Waals surface area (Å²) >= 11 is 0. The van der Waals surface area contributed by atoms with Crippen LogP contribution in [-0.4, -0.2) is 46.9 Å². The first kappa shape index (κ1) is 18.1. The van der Waals surface area contributed by atoms with Crippen molar-refractivity contribution in [1.82, 2.24) is 20.5 Å². The number of pyridine rings is 1. The molecule has 2 heterocycles. The van der Waals surface area contributed by atoms with Gasteiger partial charge in [0.05, 0.1) is 18.2 Å². The molecule has 150 valence electrons. The van der Waals surface area contributed by atoms with Crippen molar-refractivity contribution in [3.8, 4) is 0 Å². The molecule has 5 aliphatic rings. The second kappa shape index (κ2) is 7.47. The highest BCUT2D eigenvalue weighted by atomic mass is 16.2. The number of carbonyl (C=O) groups excluding carboxylic acids is 2. The first-order chi connectivity index (χ1) is 13.7. The Labute approximate surface area is 166 Å². The van der Waals surface area contributed by atoms with Crippen molar-refractivity contribution in [3.05, 3.63) is 30.1 Å². The Balaban J connectivity index is 1.23. The number of rotatable bonds is 5. The van der Waals surface area contributed by atoms with Crippen LogP contribution >= 0.6 is 0 Å². The van der Waals surface area contributed by atoms with Crippen LogP contribution in [0.5, 0.6) is 0 Å². The molecule has 0 radical (unpaired) electrons. The Morgan fingerprint density at radius 1 is 1.14 bits per heavy atom. The van der Waals surface area contributed by atoms with Crippen LogP contribution in [0.1, 0.15) is 44.2 Å². The van der Waals surface area contributed by atoms with E-state index < -0.39 is 6.04 Å². The Bertz CT molecular complexity index is 709. The van der Waals surface area contributed by atoms with Gasteiger partial charge in [0.25, 0.3) is 0 Å². The maximum absolute atomic E-state index is 12.9. The van der Waals surface area contributed by atoms with Crippen LogP contribution in [-0.2, 0) is 16.1 Å². The fraction of sp³-hybridized carbons (Fsp3) is 0.682. The van der Waals surface area contributed by atoms with Gasteiger partial charge in [-0.2, -0.15) is 0 Å². The molecule has 4 bridgehead atoms. The van der Waals surface area contributed by atoms with Crippen molar-refractivity contribution in [1.29, 1.82) is 0 Å². The van der Waals surface area contributed by atoms with Crippen LogP contribution in [0.2, 0.25) is 0 Å². The Kier molecular flexibility index (Phi) is 4.83. The lowest BCUT2D eigenvalue weighted by Crippen LogP contribution is -2.59. The van der Waals surface area contributed by atoms with E-state index in [-0.39, 0.29) is 18.2 Å². The van der Waals surface area contributed by atoms with Gasteiger partial charge >= 0.3 is 0 Å². The van der Waals surface area contributed by atoms with Gasteiger partial charge in [0.2, 0.25) is 11.8 Å². The van der Waals surface area contributed by atoms with Gasteiger partial charge in [-0.1, -0.05) is 6.07 Å². The maximum atomic E-state index is 12.9. The van der Waals surface area contributed by atoms with Gasteiger partial charge in [-0.3, -0.25) is 19.5 Å². The number of aromatic nitrogens is 1. The summed E-state index contributed by atoms with van der Waals surface area (Å²) in [5.41, 5.74) is 0.934. The van der Waals surface area contributed by atoms with Gasteiger partial charge in [0.15, 0.2) is 0 Å².